The molecule has 3 aromatic rings. The van der Waals surface area contributed by atoms with E-state index in [1.54, 1.807) is 14.0 Å². The van der Waals surface area contributed by atoms with Crippen LogP contribution in [0, 0.1) is 0 Å². The van der Waals surface area contributed by atoms with Crippen molar-refractivity contribution in [3.05, 3.63) is 48.5 Å². The molecule has 0 spiro atoms. The lowest BCUT2D eigenvalue weighted by Crippen LogP contribution is -2.30. The summed E-state index contributed by atoms with van der Waals surface area (Å²) in [6, 6.07) is 14.9. The van der Waals surface area contributed by atoms with Crippen molar-refractivity contribution in [2.45, 2.75) is 13.0 Å². The van der Waals surface area contributed by atoms with Gasteiger partial charge < -0.3 is 9.47 Å². The van der Waals surface area contributed by atoms with Gasteiger partial charge in [0.2, 0.25) is 0 Å². The number of aromatic nitrogens is 1. The summed E-state index contributed by atoms with van der Waals surface area (Å²) < 4.78 is 11.8. The fraction of sp³-hybridized carbons (Fsp3) is 0.176. The molecule has 23 heavy (non-hydrogen) atoms. The Morgan fingerprint density at radius 2 is 1.96 bits per heavy atom. The van der Waals surface area contributed by atoms with Gasteiger partial charge in [-0.15, -0.1) is 0 Å². The summed E-state index contributed by atoms with van der Waals surface area (Å²) >= 11 is 1.40. The Labute approximate surface area is 137 Å². The summed E-state index contributed by atoms with van der Waals surface area (Å²) in [5.74, 6) is 1.10. The van der Waals surface area contributed by atoms with E-state index in [9.17, 15) is 4.79 Å². The van der Waals surface area contributed by atoms with Gasteiger partial charge in [0.25, 0.3) is 5.91 Å². The fourth-order valence-electron chi connectivity index (χ4n) is 2.11. The van der Waals surface area contributed by atoms with E-state index >= 15 is 0 Å². The molecular weight excluding hydrogens is 312 g/mol. The van der Waals surface area contributed by atoms with Crippen LogP contribution in [0.3, 0.4) is 0 Å². The number of thiazole rings is 1. The van der Waals surface area contributed by atoms with Crippen molar-refractivity contribution in [2.75, 3.05) is 12.4 Å². The van der Waals surface area contributed by atoms with Crippen molar-refractivity contribution in [1.29, 1.82) is 0 Å². The smallest absolute Gasteiger partial charge is 0.266 e. The van der Waals surface area contributed by atoms with Crippen molar-refractivity contribution < 1.29 is 14.3 Å². The standard InChI is InChI=1S/C17H16N2O3S/c1-11(22-12-7-4-3-5-8-12)16(20)19-17-18-15-13(21-2)9-6-10-14(15)23-17/h3-11H,1-2H3,(H,18,19,20). The van der Waals surface area contributed by atoms with Crippen LogP contribution in [0.25, 0.3) is 10.2 Å². The average molecular weight is 328 g/mol. The maximum absolute atomic E-state index is 12.2. The first-order valence-electron chi connectivity index (χ1n) is 7.13. The van der Waals surface area contributed by atoms with Gasteiger partial charge >= 0.3 is 0 Å². The molecule has 0 saturated carbocycles. The van der Waals surface area contributed by atoms with Crippen molar-refractivity contribution in [2.24, 2.45) is 0 Å². The number of para-hydroxylation sites is 2. The van der Waals surface area contributed by atoms with E-state index in [0.29, 0.717) is 16.6 Å². The largest absolute Gasteiger partial charge is 0.494 e. The highest BCUT2D eigenvalue weighted by molar-refractivity contribution is 7.22. The Hall–Kier alpha value is -2.60. The van der Waals surface area contributed by atoms with Gasteiger partial charge in [-0.2, -0.15) is 0 Å². The van der Waals surface area contributed by atoms with Crippen LogP contribution in [0.2, 0.25) is 0 Å². The molecule has 3 rings (SSSR count). The number of carbonyl (C=O) groups excluding carboxylic acids is 1. The molecule has 0 aliphatic rings. The number of nitrogens with one attached hydrogen (secondary N) is 1. The van der Waals surface area contributed by atoms with Crippen molar-refractivity contribution in [3.8, 4) is 11.5 Å². The second kappa shape index (κ2) is 6.66. The molecule has 1 heterocycles. The van der Waals surface area contributed by atoms with Crippen LogP contribution in [0.1, 0.15) is 6.92 Å². The molecular formula is C17H16N2O3S. The molecule has 118 valence electrons. The molecule has 1 unspecified atom stereocenters. The minimum absolute atomic E-state index is 0.244. The summed E-state index contributed by atoms with van der Waals surface area (Å²) in [7, 11) is 1.60. The zero-order chi connectivity index (χ0) is 16.2. The summed E-state index contributed by atoms with van der Waals surface area (Å²) in [4.78, 5) is 16.7. The SMILES string of the molecule is COc1cccc2sc(NC(=O)C(C)Oc3ccccc3)nc12. The lowest BCUT2D eigenvalue weighted by Gasteiger charge is -2.13. The van der Waals surface area contributed by atoms with E-state index < -0.39 is 6.10 Å². The molecule has 0 aliphatic carbocycles. The van der Waals surface area contributed by atoms with Crippen molar-refractivity contribution in [1.82, 2.24) is 4.98 Å². The highest BCUT2D eigenvalue weighted by Gasteiger charge is 2.17. The molecule has 0 saturated heterocycles. The summed E-state index contributed by atoms with van der Waals surface area (Å²) in [6.45, 7) is 1.70. The van der Waals surface area contributed by atoms with E-state index in [0.717, 1.165) is 10.2 Å². The van der Waals surface area contributed by atoms with Crippen LogP contribution in [0.5, 0.6) is 11.5 Å². The first kappa shape index (κ1) is 15.3. The summed E-state index contributed by atoms with van der Waals surface area (Å²) in [5.41, 5.74) is 0.743. The summed E-state index contributed by atoms with van der Waals surface area (Å²) in [6.07, 6.45) is -0.619. The van der Waals surface area contributed by atoms with Gasteiger partial charge in [-0.3, -0.25) is 10.1 Å². The van der Waals surface area contributed by atoms with Crippen molar-refractivity contribution >= 4 is 32.6 Å². The monoisotopic (exact) mass is 328 g/mol. The molecule has 0 bridgehead atoms. The van der Waals surface area contributed by atoms with Gasteiger partial charge in [0.05, 0.1) is 11.8 Å². The van der Waals surface area contributed by atoms with Gasteiger partial charge in [-0.1, -0.05) is 35.6 Å². The number of carbonyl (C=O) groups is 1. The van der Waals surface area contributed by atoms with Crippen LogP contribution in [-0.2, 0) is 4.79 Å². The maximum atomic E-state index is 12.2. The maximum Gasteiger partial charge on any atom is 0.266 e. The normalized spacial score (nSPS) is 11.9. The van der Waals surface area contributed by atoms with Gasteiger partial charge in [0.15, 0.2) is 11.2 Å². The first-order valence-corrected chi connectivity index (χ1v) is 7.95. The molecule has 0 fully saturated rings. The Morgan fingerprint density at radius 3 is 2.70 bits per heavy atom. The first-order chi connectivity index (χ1) is 11.2. The number of hydrogen-bond acceptors (Lipinski definition) is 5. The Morgan fingerprint density at radius 1 is 1.17 bits per heavy atom. The zero-order valence-electron chi connectivity index (χ0n) is 12.8. The minimum atomic E-state index is -0.619. The number of fused-ring (bicyclic) bond motifs is 1. The van der Waals surface area contributed by atoms with Crippen LogP contribution in [-0.4, -0.2) is 24.1 Å². The third kappa shape index (κ3) is 3.43. The Bertz CT molecular complexity index is 817. The molecule has 0 radical (unpaired) electrons. The van der Waals surface area contributed by atoms with E-state index in [4.69, 9.17) is 9.47 Å². The second-order valence-corrected chi connectivity index (χ2v) is 5.92. The van der Waals surface area contributed by atoms with Crippen LogP contribution < -0.4 is 14.8 Å². The molecule has 2 aromatic carbocycles. The molecule has 1 N–H and O–H groups in total. The van der Waals surface area contributed by atoms with E-state index in [1.807, 2.05) is 48.5 Å². The lowest BCUT2D eigenvalue weighted by atomic mass is 10.3. The third-order valence-corrected chi connectivity index (χ3v) is 4.19. The number of nitrogens with zero attached hydrogens (tertiary/aromatic N) is 1. The zero-order valence-corrected chi connectivity index (χ0v) is 13.6. The van der Waals surface area contributed by atoms with Gasteiger partial charge in [0, 0.05) is 0 Å². The van der Waals surface area contributed by atoms with Gasteiger partial charge in [0.1, 0.15) is 17.0 Å². The molecule has 5 nitrogen and oxygen atoms in total. The summed E-state index contributed by atoms with van der Waals surface area (Å²) in [5, 5.41) is 3.32. The minimum Gasteiger partial charge on any atom is -0.494 e. The lowest BCUT2D eigenvalue weighted by molar-refractivity contribution is -0.122. The highest BCUT2D eigenvalue weighted by Crippen LogP contribution is 2.32. The van der Waals surface area contributed by atoms with Crippen LogP contribution >= 0.6 is 11.3 Å². The van der Waals surface area contributed by atoms with E-state index in [-0.39, 0.29) is 5.91 Å². The van der Waals surface area contributed by atoms with E-state index in [1.165, 1.54) is 11.3 Å². The Kier molecular flexibility index (Phi) is 4.43. The predicted molar refractivity (Wildman–Crippen MR) is 91.3 cm³/mol. The second-order valence-electron chi connectivity index (χ2n) is 4.89. The predicted octanol–water partition coefficient (Wildman–Crippen LogP) is 3.71. The van der Waals surface area contributed by atoms with E-state index in [2.05, 4.69) is 10.3 Å². The molecule has 6 heteroatoms. The average Bonchev–Trinajstić information content (AvgIpc) is 2.98. The van der Waals surface area contributed by atoms with Gasteiger partial charge in [-0.05, 0) is 31.2 Å². The van der Waals surface area contributed by atoms with Crippen molar-refractivity contribution in [3.63, 3.8) is 0 Å². The number of rotatable bonds is 5. The highest BCUT2D eigenvalue weighted by atomic mass is 32.1. The van der Waals surface area contributed by atoms with Gasteiger partial charge in [-0.25, -0.2) is 4.98 Å². The topological polar surface area (TPSA) is 60.5 Å². The number of amides is 1. The number of methoxy groups -OCH3 is 1. The fourth-order valence-corrected chi connectivity index (χ4v) is 2.99. The Balaban J connectivity index is 1.72. The number of hydrogen-bond donors (Lipinski definition) is 1. The number of anilines is 1. The molecule has 1 aromatic heterocycles. The quantitative estimate of drug-likeness (QED) is 0.775. The molecule has 1 amide bonds. The van der Waals surface area contributed by atoms with Crippen LogP contribution in [0.4, 0.5) is 5.13 Å². The third-order valence-electron chi connectivity index (χ3n) is 3.26. The number of ether oxygens (including phenoxy) is 2. The van der Waals surface area contributed by atoms with Crippen LogP contribution in [0.15, 0.2) is 48.5 Å². The molecule has 0 aliphatic heterocycles. The number of benzene rings is 2. The molecule has 1 atom stereocenters.